The fraction of sp³-hybridized carbons (Fsp3) is 0.250. The molecule has 0 N–H and O–H groups in total. The Morgan fingerprint density at radius 2 is 1.80 bits per heavy atom. The summed E-state index contributed by atoms with van der Waals surface area (Å²) in [5, 5.41) is 1.28. The van der Waals surface area contributed by atoms with Crippen LogP contribution in [0.4, 0.5) is 0 Å². The smallest absolute Gasteiger partial charge is 0.205 e. The van der Waals surface area contributed by atoms with E-state index in [0.717, 1.165) is 11.1 Å². The van der Waals surface area contributed by atoms with Crippen molar-refractivity contribution in [1.82, 2.24) is 0 Å². The van der Waals surface area contributed by atoms with Crippen LogP contribution < -0.4 is 0 Å². The highest BCUT2D eigenvalue weighted by Gasteiger charge is 2.42. The van der Waals surface area contributed by atoms with Crippen molar-refractivity contribution in [3.63, 3.8) is 0 Å². The van der Waals surface area contributed by atoms with E-state index in [2.05, 4.69) is 28.1 Å². The van der Waals surface area contributed by atoms with Crippen LogP contribution >= 0.6 is 27.5 Å². The molecule has 1 aliphatic heterocycles. The van der Waals surface area contributed by atoms with Gasteiger partial charge in [-0.25, -0.2) is 0 Å². The molecule has 1 saturated heterocycles. The first-order chi connectivity index (χ1) is 9.73. The molecule has 2 nitrogen and oxygen atoms in total. The summed E-state index contributed by atoms with van der Waals surface area (Å²) in [7, 11) is 0. The van der Waals surface area contributed by atoms with Gasteiger partial charge in [0, 0.05) is 10.6 Å². The van der Waals surface area contributed by atoms with Gasteiger partial charge in [-0.05, 0) is 17.7 Å². The van der Waals surface area contributed by atoms with Crippen LogP contribution in [0.25, 0.3) is 0 Å². The molecule has 0 unspecified atom stereocenters. The molecule has 20 heavy (non-hydrogen) atoms. The maximum absolute atomic E-state index is 6.20. The number of rotatable bonds is 3. The molecular weight excluding hydrogens is 340 g/mol. The first kappa shape index (κ1) is 14.1. The molecule has 0 bridgehead atoms. The summed E-state index contributed by atoms with van der Waals surface area (Å²) in [4.78, 5) is 0. The third-order valence-corrected chi connectivity index (χ3v) is 4.42. The van der Waals surface area contributed by atoms with Crippen molar-refractivity contribution in [3.8, 4) is 0 Å². The average molecular weight is 354 g/mol. The molecule has 0 radical (unpaired) electrons. The molecule has 1 aliphatic rings. The zero-order valence-corrected chi connectivity index (χ0v) is 13.1. The Morgan fingerprint density at radius 3 is 2.45 bits per heavy atom. The minimum Gasteiger partial charge on any atom is -0.342 e. The van der Waals surface area contributed by atoms with Gasteiger partial charge in [0.15, 0.2) is 0 Å². The third-order valence-electron chi connectivity index (χ3n) is 3.43. The van der Waals surface area contributed by atoms with Crippen LogP contribution in [-0.4, -0.2) is 11.9 Å². The lowest BCUT2D eigenvalue weighted by atomic mass is 10.1. The van der Waals surface area contributed by atoms with E-state index in [0.29, 0.717) is 17.0 Å². The summed E-state index contributed by atoms with van der Waals surface area (Å²) in [5.74, 6) is -0.745. The summed E-state index contributed by atoms with van der Waals surface area (Å²) in [6, 6.07) is 17.7. The van der Waals surface area contributed by atoms with Crippen LogP contribution in [0, 0.1) is 0 Å². The first-order valence-electron chi connectivity index (χ1n) is 6.42. The summed E-state index contributed by atoms with van der Waals surface area (Å²) in [6.07, 6.45) is -0.0515. The van der Waals surface area contributed by atoms with Crippen molar-refractivity contribution in [2.45, 2.75) is 11.9 Å². The summed E-state index contributed by atoms with van der Waals surface area (Å²) in [6.45, 7) is 0.540. The van der Waals surface area contributed by atoms with E-state index in [-0.39, 0.29) is 6.10 Å². The van der Waals surface area contributed by atoms with Crippen molar-refractivity contribution < 1.29 is 9.47 Å². The Labute approximate surface area is 131 Å². The van der Waals surface area contributed by atoms with E-state index in [1.165, 1.54) is 0 Å². The molecule has 2 atom stereocenters. The van der Waals surface area contributed by atoms with E-state index in [1.54, 1.807) is 0 Å². The predicted molar refractivity (Wildman–Crippen MR) is 83.1 cm³/mol. The summed E-state index contributed by atoms with van der Waals surface area (Å²) in [5.41, 5.74) is 2.10. The van der Waals surface area contributed by atoms with Crippen molar-refractivity contribution in [2.75, 3.05) is 11.9 Å². The van der Waals surface area contributed by atoms with Crippen LogP contribution in [0.5, 0.6) is 0 Å². The number of hydrogen-bond donors (Lipinski definition) is 0. The van der Waals surface area contributed by atoms with Gasteiger partial charge in [-0.2, -0.15) is 0 Å². The standard InChI is InChI=1S/C16H14BrClO2/c17-11-16(13-6-8-14(18)9-7-13)19-10-15(20-16)12-4-2-1-3-5-12/h1-9,15H,10-11H2/t15-,16+/m0/s1. The lowest BCUT2D eigenvalue weighted by molar-refractivity contribution is -0.157. The van der Waals surface area contributed by atoms with Gasteiger partial charge in [-0.3, -0.25) is 0 Å². The van der Waals surface area contributed by atoms with Crippen molar-refractivity contribution in [3.05, 3.63) is 70.7 Å². The molecule has 4 heteroatoms. The second-order valence-corrected chi connectivity index (χ2v) is 5.72. The Morgan fingerprint density at radius 1 is 1.10 bits per heavy atom. The van der Waals surface area contributed by atoms with Gasteiger partial charge >= 0.3 is 0 Å². The van der Waals surface area contributed by atoms with Gasteiger partial charge in [-0.15, -0.1) is 0 Å². The summed E-state index contributed by atoms with van der Waals surface area (Å²) < 4.78 is 12.2. The van der Waals surface area contributed by atoms with E-state index < -0.39 is 5.79 Å². The number of ether oxygens (including phenoxy) is 2. The largest absolute Gasteiger partial charge is 0.342 e. The molecular formula is C16H14BrClO2. The van der Waals surface area contributed by atoms with Gasteiger partial charge in [0.25, 0.3) is 0 Å². The van der Waals surface area contributed by atoms with E-state index >= 15 is 0 Å². The molecule has 1 heterocycles. The molecule has 0 amide bonds. The molecule has 0 saturated carbocycles. The molecule has 104 valence electrons. The Bertz CT molecular complexity index is 573. The maximum atomic E-state index is 6.20. The fourth-order valence-electron chi connectivity index (χ4n) is 2.34. The highest BCUT2D eigenvalue weighted by Crippen LogP contribution is 2.41. The minimum absolute atomic E-state index is 0.0515. The van der Waals surface area contributed by atoms with Crippen LogP contribution in [0.15, 0.2) is 54.6 Å². The second kappa shape index (κ2) is 5.86. The fourth-order valence-corrected chi connectivity index (χ4v) is 3.09. The molecule has 1 fully saturated rings. The lowest BCUT2D eigenvalue weighted by Crippen LogP contribution is -2.29. The second-order valence-electron chi connectivity index (χ2n) is 4.72. The first-order valence-corrected chi connectivity index (χ1v) is 7.92. The Balaban J connectivity index is 1.87. The minimum atomic E-state index is -0.745. The SMILES string of the molecule is Clc1ccc([C@]2(CBr)OC[C@@H](c3ccccc3)O2)cc1. The number of alkyl halides is 1. The van der Waals surface area contributed by atoms with Gasteiger partial charge in [-0.1, -0.05) is 70.0 Å². The molecule has 2 aromatic rings. The molecule has 0 spiro atoms. The normalized spacial score (nSPS) is 25.8. The third kappa shape index (κ3) is 2.63. The van der Waals surface area contributed by atoms with Crippen LogP contribution in [-0.2, 0) is 15.3 Å². The zero-order chi connectivity index (χ0) is 14.0. The van der Waals surface area contributed by atoms with Crippen molar-refractivity contribution in [2.24, 2.45) is 0 Å². The average Bonchev–Trinajstić information content (AvgIpc) is 2.95. The van der Waals surface area contributed by atoms with E-state index in [4.69, 9.17) is 21.1 Å². The monoisotopic (exact) mass is 352 g/mol. The highest BCUT2D eigenvalue weighted by atomic mass is 79.9. The van der Waals surface area contributed by atoms with Crippen molar-refractivity contribution >= 4 is 27.5 Å². The molecule has 3 rings (SSSR count). The Hall–Kier alpha value is -0.870. The zero-order valence-electron chi connectivity index (χ0n) is 10.8. The van der Waals surface area contributed by atoms with E-state index in [1.807, 2.05) is 42.5 Å². The molecule has 2 aromatic carbocycles. The van der Waals surface area contributed by atoms with E-state index in [9.17, 15) is 0 Å². The maximum Gasteiger partial charge on any atom is 0.205 e. The van der Waals surface area contributed by atoms with Crippen LogP contribution in [0.1, 0.15) is 17.2 Å². The van der Waals surface area contributed by atoms with Crippen LogP contribution in [0.2, 0.25) is 5.02 Å². The highest BCUT2D eigenvalue weighted by molar-refractivity contribution is 9.09. The summed E-state index contributed by atoms with van der Waals surface area (Å²) >= 11 is 9.44. The number of benzene rings is 2. The predicted octanol–water partition coefficient (Wildman–Crippen LogP) is 4.68. The van der Waals surface area contributed by atoms with Crippen LogP contribution in [0.3, 0.4) is 0 Å². The van der Waals surface area contributed by atoms with Gasteiger partial charge in [0.2, 0.25) is 5.79 Å². The topological polar surface area (TPSA) is 18.5 Å². The number of hydrogen-bond acceptors (Lipinski definition) is 2. The van der Waals surface area contributed by atoms with Gasteiger partial charge in [0.1, 0.15) is 6.10 Å². The Kier molecular flexibility index (Phi) is 4.13. The number of halogens is 2. The lowest BCUT2D eigenvalue weighted by Gasteiger charge is -2.26. The molecule has 0 aromatic heterocycles. The van der Waals surface area contributed by atoms with Crippen molar-refractivity contribution in [1.29, 1.82) is 0 Å². The quantitative estimate of drug-likeness (QED) is 0.746. The molecule has 0 aliphatic carbocycles. The van der Waals surface area contributed by atoms with Gasteiger partial charge in [0.05, 0.1) is 11.9 Å². The van der Waals surface area contributed by atoms with Gasteiger partial charge < -0.3 is 9.47 Å².